The van der Waals surface area contributed by atoms with Gasteiger partial charge in [0.15, 0.2) is 0 Å². The summed E-state index contributed by atoms with van der Waals surface area (Å²) in [5.74, 6) is 1.16. The standard InChI is InChI=1S/C10H17N5O2/c1-7(2)4-5-12-9-8(15(16)17)6-13-10(11-3)14-9/h6-7H,4-5H2,1-3H3,(H2,11,12,13,14). The second-order valence-electron chi connectivity index (χ2n) is 4.04. The topological polar surface area (TPSA) is 93.0 Å². The monoisotopic (exact) mass is 239 g/mol. The van der Waals surface area contributed by atoms with Crippen LogP contribution in [0.15, 0.2) is 6.20 Å². The molecule has 7 nitrogen and oxygen atoms in total. The second-order valence-corrected chi connectivity index (χ2v) is 4.04. The molecular formula is C10H17N5O2. The maximum atomic E-state index is 10.8. The Bertz CT molecular complexity index is 394. The van der Waals surface area contributed by atoms with Gasteiger partial charge in [-0.05, 0) is 12.3 Å². The van der Waals surface area contributed by atoms with Crippen LogP contribution in [0.1, 0.15) is 20.3 Å². The Morgan fingerprint density at radius 3 is 2.76 bits per heavy atom. The molecule has 0 fully saturated rings. The first-order valence-electron chi connectivity index (χ1n) is 5.47. The van der Waals surface area contributed by atoms with Gasteiger partial charge in [-0.1, -0.05) is 13.8 Å². The zero-order valence-corrected chi connectivity index (χ0v) is 10.2. The molecule has 1 aromatic rings. The summed E-state index contributed by atoms with van der Waals surface area (Å²) in [6.45, 7) is 4.84. The van der Waals surface area contributed by atoms with Crippen LogP contribution >= 0.6 is 0 Å². The van der Waals surface area contributed by atoms with E-state index in [0.717, 1.165) is 6.42 Å². The van der Waals surface area contributed by atoms with Crippen LogP contribution in [0.2, 0.25) is 0 Å². The molecule has 0 aliphatic rings. The molecule has 1 heterocycles. The Kier molecular flexibility index (Phi) is 4.62. The van der Waals surface area contributed by atoms with E-state index in [2.05, 4.69) is 34.4 Å². The van der Waals surface area contributed by atoms with Crippen molar-refractivity contribution in [1.29, 1.82) is 0 Å². The van der Waals surface area contributed by atoms with Gasteiger partial charge in [-0.2, -0.15) is 4.98 Å². The number of nitrogens with one attached hydrogen (secondary N) is 2. The van der Waals surface area contributed by atoms with Crippen LogP contribution in [0.3, 0.4) is 0 Å². The van der Waals surface area contributed by atoms with E-state index in [1.54, 1.807) is 7.05 Å². The SMILES string of the molecule is CNc1ncc([N+](=O)[O-])c(NCCC(C)C)n1. The fourth-order valence-corrected chi connectivity index (χ4v) is 1.24. The molecule has 0 aromatic carbocycles. The molecule has 0 aliphatic carbocycles. The van der Waals surface area contributed by atoms with Crippen molar-refractivity contribution in [3.05, 3.63) is 16.3 Å². The van der Waals surface area contributed by atoms with Crippen LogP contribution in [0.5, 0.6) is 0 Å². The van der Waals surface area contributed by atoms with Gasteiger partial charge < -0.3 is 10.6 Å². The summed E-state index contributed by atoms with van der Waals surface area (Å²) >= 11 is 0. The van der Waals surface area contributed by atoms with Gasteiger partial charge in [0.1, 0.15) is 6.20 Å². The van der Waals surface area contributed by atoms with E-state index >= 15 is 0 Å². The molecule has 94 valence electrons. The first kappa shape index (κ1) is 13.1. The van der Waals surface area contributed by atoms with Crippen LogP contribution < -0.4 is 10.6 Å². The summed E-state index contributed by atoms with van der Waals surface area (Å²) in [7, 11) is 1.67. The number of aromatic nitrogens is 2. The van der Waals surface area contributed by atoms with E-state index in [-0.39, 0.29) is 11.5 Å². The van der Waals surface area contributed by atoms with Gasteiger partial charge in [-0.25, -0.2) is 4.98 Å². The summed E-state index contributed by atoms with van der Waals surface area (Å²) < 4.78 is 0. The average molecular weight is 239 g/mol. The van der Waals surface area contributed by atoms with Crippen molar-refractivity contribution in [2.45, 2.75) is 20.3 Å². The van der Waals surface area contributed by atoms with Gasteiger partial charge >= 0.3 is 5.69 Å². The van der Waals surface area contributed by atoms with Crippen LogP contribution in [-0.2, 0) is 0 Å². The summed E-state index contributed by atoms with van der Waals surface area (Å²) in [5, 5.41) is 16.5. The fraction of sp³-hybridized carbons (Fsp3) is 0.600. The lowest BCUT2D eigenvalue weighted by Gasteiger charge is -2.08. The Balaban J connectivity index is 2.82. The van der Waals surface area contributed by atoms with E-state index in [1.165, 1.54) is 6.20 Å². The lowest BCUT2D eigenvalue weighted by molar-refractivity contribution is -0.384. The molecule has 17 heavy (non-hydrogen) atoms. The first-order chi connectivity index (χ1) is 8.04. The third-order valence-electron chi connectivity index (χ3n) is 2.20. The molecule has 1 aromatic heterocycles. The molecule has 1 rings (SSSR count). The third-order valence-corrected chi connectivity index (χ3v) is 2.20. The molecule has 0 spiro atoms. The maximum Gasteiger partial charge on any atom is 0.329 e. The molecule has 0 radical (unpaired) electrons. The van der Waals surface area contributed by atoms with Crippen molar-refractivity contribution in [2.75, 3.05) is 24.2 Å². The van der Waals surface area contributed by atoms with Crippen LogP contribution in [0.4, 0.5) is 17.5 Å². The van der Waals surface area contributed by atoms with Gasteiger partial charge in [-0.3, -0.25) is 10.1 Å². The summed E-state index contributed by atoms with van der Waals surface area (Å²) in [5.41, 5.74) is -0.104. The lowest BCUT2D eigenvalue weighted by Crippen LogP contribution is -2.10. The number of hydrogen-bond donors (Lipinski definition) is 2. The molecule has 7 heteroatoms. The quantitative estimate of drug-likeness (QED) is 0.581. The summed E-state index contributed by atoms with van der Waals surface area (Å²) in [6, 6.07) is 0. The molecule has 0 saturated heterocycles. The third kappa shape index (κ3) is 3.86. The number of nitro groups is 1. The van der Waals surface area contributed by atoms with Crippen LogP contribution in [0.25, 0.3) is 0 Å². The first-order valence-corrected chi connectivity index (χ1v) is 5.47. The van der Waals surface area contributed by atoms with Gasteiger partial charge in [-0.15, -0.1) is 0 Å². The number of hydrogen-bond acceptors (Lipinski definition) is 6. The van der Waals surface area contributed by atoms with Gasteiger partial charge in [0.25, 0.3) is 0 Å². The fourth-order valence-electron chi connectivity index (χ4n) is 1.24. The smallest absolute Gasteiger partial charge is 0.329 e. The van der Waals surface area contributed by atoms with E-state index in [9.17, 15) is 10.1 Å². The molecule has 0 atom stereocenters. The zero-order chi connectivity index (χ0) is 12.8. The van der Waals surface area contributed by atoms with Gasteiger partial charge in [0.05, 0.1) is 4.92 Å². The zero-order valence-electron chi connectivity index (χ0n) is 10.2. The van der Waals surface area contributed by atoms with Gasteiger partial charge in [0.2, 0.25) is 11.8 Å². The Hall–Kier alpha value is -1.92. The highest BCUT2D eigenvalue weighted by atomic mass is 16.6. The molecular weight excluding hydrogens is 222 g/mol. The molecule has 0 unspecified atom stereocenters. The van der Waals surface area contributed by atoms with Crippen molar-refractivity contribution in [3.63, 3.8) is 0 Å². The predicted octanol–water partition coefficient (Wildman–Crippen LogP) is 1.88. The Labute approximate surface area is 99.8 Å². The average Bonchev–Trinajstić information content (AvgIpc) is 2.28. The molecule has 0 amide bonds. The van der Waals surface area contributed by atoms with Crippen molar-refractivity contribution in [2.24, 2.45) is 5.92 Å². The van der Waals surface area contributed by atoms with E-state index < -0.39 is 4.92 Å². The minimum absolute atomic E-state index is 0.104. The van der Waals surface area contributed by atoms with Crippen molar-refractivity contribution < 1.29 is 4.92 Å². The van der Waals surface area contributed by atoms with Crippen molar-refractivity contribution in [3.8, 4) is 0 Å². The highest BCUT2D eigenvalue weighted by Gasteiger charge is 2.16. The van der Waals surface area contributed by atoms with Crippen molar-refractivity contribution >= 4 is 17.5 Å². The predicted molar refractivity (Wildman–Crippen MR) is 66.2 cm³/mol. The summed E-state index contributed by atoms with van der Waals surface area (Å²) in [6.07, 6.45) is 2.13. The van der Waals surface area contributed by atoms with Crippen LogP contribution in [-0.4, -0.2) is 28.5 Å². The van der Waals surface area contributed by atoms with E-state index in [0.29, 0.717) is 18.4 Å². The second kappa shape index (κ2) is 5.97. The number of nitrogens with zero attached hydrogens (tertiary/aromatic N) is 3. The number of rotatable bonds is 6. The van der Waals surface area contributed by atoms with Crippen molar-refractivity contribution in [1.82, 2.24) is 9.97 Å². The molecule has 0 aliphatic heterocycles. The van der Waals surface area contributed by atoms with Crippen LogP contribution in [0, 0.1) is 16.0 Å². The minimum atomic E-state index is -0.489. The van der Waals surface area contributed by atoms with Gasteiger partial charge in [0, 0.05) is 13.6 Å². The van der Waals surface area contributed by atoms with E-state index in [4.69, 9.17) is 0 Å². The summed E-state index contributed by atoms with van der Waals surface area (Å²) in [4.78, 5) is 18.1. The molecule has 0 saturated carbocycles. The minimum Gasteiger partial charge on any atom is -0.364 e. The maximum absolute atomic E-state index is 10.8. The van der Waals surface area contributed by atoms with E-state index in [1.807, 2.05) is 0 Å². The highest BCUT2D eigenvalue weighted by Crippen LogP contribution is 2.21. The normalized spacial score (nSPS) is 10.4. The molecule has 0 bridgehead atoms. The Morgan fingerprint density at radius 1 is 1.53 bits per heavy atom. The largest absolute Gasteiger partial charge is 0.364 e. The number of anilines is 2. The Morgan fingerprint density at radius 2 is 2.24 bits per heavy atom. The molecule has 2 N–H and O–H groups in total. The highest BCUT2D eigenvalue weighted by molar-refractivity contribution is 5.56. The lowest BCUT2D eigenvalue weighted by atomic mass is 10.1.